The SMILES string of the molecule is c1cc2c(cc1SCCCNC1CCCC1)OCCCO2. The van der Waals surface area contributed by atoms with Gasteiger partial charge in [-0.25, -0.2) is 0 Å². The Morgan fingerprint density at radius 3 is 2.71 bits per heavy atom. The van der Waals surface area contributed by atoms with E-state index in [1.54, 1.807) is 0 Å². The Labute approximate surface area is 131 Å². The summed E-state index contributed by atoms with van der Waals surface area (Å²) in [7, 11) is 0. The van der Waals surface area contributed by atoms with Crippen molar-refractivity contribution in [1.29, 1.82) is 0 Å². The average molecular weight is 307 g/mol. The Kier molecular flexibility index (Phi) is 5.69. The lowest BCUT2D eigenvalue weighted by atomic mass is 10.2. The lowest BCUT2D eigenvalue weighted by Gasteiger charge is -2.11. The highest BCUT2D eigenvalue weighted by atomic mass is 32.2. The Bertz CT molecular complexity index is 446. The van der Waals surface area contributed by atoms with Gasteiger partial charge >= 0.3 is 0 Å². The maximum atomic E-state index is 5.73. The van der Waals surface area contributed by atoms with Gasteiger partial charge in [0.25, 0.3) is 0 Å². The molecule has 0 amide bonds. The van der Waals surface area contributed by atoms with E-state index in [2.05, 4.69) is 17.4 Å². The molecule has 0 atom stereocenters. The number of rotatable bonds is 6. The maximum Gasteiger partial charge on any atom is 0.162 e. The molecular formula is C17H25NO2S. The number of hydrogen-bond donors (Lipinski definition) is 1. The molecule has 2 aliphatic rings. The number of nitrogens with one attached hydrogen (secondary N) is 1. The van der Waals surface area contributed by atoms with E-state index in [0.29, 0.717) is 0 Å². The van der Waals surface area contributed by atoms with Crippen molar-refractivity contribution in [3.63, 3.8) is 0 Å². The first kappa shape index (κ1) is 15.0. The van der Waals surface area contributed by atoms with Gasteiger partial charge in [0.2, 0.25) is 0 Å². The third kappa shape index (κ3) is 4.55. The van der Waals surface area contributed by atoms with Gasteiger partial charge in [0.05, 0.1) is 13.2 Å². The Balaban J connectivity index is 1.39. The highest BCUT2D eigenvalue weighted by Crippen LogP contribution is 2.34. The molecule has 0 spiro atoms. The van der Waals surface area contributed by atoms with E-state index in [1.807, 2.05) is 17.8 Å². The van der Waals surface area contributed by atoms with Gasteiger partial charge in [0, 0.05) is 17.4 Å². The Hall–Kier alpha value is -0.870. The summed E-state index contributed by atoms with van der Waals surface area (Å²) < 4.78 is 11.4. The van der Waals surface area contributed by atoms with Crippen LogP contribution in [0.25, 0.3) is 0 Å². The van der Waals surface area contributed by atoms with Crippen molar-refractivity contribution in [3.8, 4) is 11.5 Å². The van der Waals surface area contributed by atoms with Crippen LogP contribution in [0.2, 0.25) is 0 Å². The molecule has 1 fully saturated rings. The molecule has 1 aromatic rings. The first-order valence-corrected chi connectivity index (χ1v) is 9.16. The highest BCUT2D eigenvalue weighted by molar-refractivity contribution is 7.99. The van der Waals surface area contributed by atoms with Crippen molar-refractivity contribution in [1.82, 2.24) is 5.32 Å². The van der Waals surface area contributed by atoms with Crippen LogP contribution in [-0.4, -0.2) is 31.6 Å². The van der Waals surface area contributed by atoms with E-state index in [4.69, 9.17) is 9.47 Å². The summed E-state index contributed by atoms with van der Waals surface area (Å²) in [5.74, 6) is 2.95. The minimum absolute atomic E-state index is 0.756. The van der Waals surface area contributed by atoms with Gasteiger partial charge in [-0.15, -0.1) is 11.8 Å². The topological polar surface area (TPSA) is 30.5 Å². The molecule has 3 rings (SSSR count). The first-order valence-electron chi connectivity index (χ1n) is 8.18. The molecule has 0 saturated heterocycles. The van der Waals surface area contributed by atoms with Crippen LogP contribution in [0.5, 0.6) is 11.5 Å². The number of hydrogen-bond acceptors (Lipinski definition) is 4. The van der Waals surface area contributed by atoms with Crippen molar-refractivity contribution in [2.45, 2.75) is 49.5 Å². The van der Waals surface area contributed by atoms with Crippen LogP contribution >= 0.6 is 11.8 Å². The molecule has 1 N–H and O–H groups in total. The molecule has 1 heterocycles. The van der Waals surface area contributed by atoms with Crippen LogP contribution in [0, 0.1) is 0 Å². The van der Waals surface area contributed by atoms with Gasteiger partial charge in [-0.3, -0.25) is 0 Å². The van der Waals surface area contributed by atoms with Gasteiger partial charge in [-0.1, -0.05) is 12.8 Å². The van der Waals surface area contributed by atoms with Gasteiger partial charge < -0.3 is 14.8 Å². The smallest absolute Gasteiger partial charge is 0.162 e. The summed E-state index contributed by atoms with van der Waals surface area (Å²) in [6, 6.07) is 7.09. The normalized spacial score (nSPS) is 18.7. The molecule has 116 valence electrons. The van der Waals surface area contributed by atoms with Gasteiger partial charge in [0.1, 0.15) is 0 Å². The fourth-order valence-corrected chi connectivity index (χ4v) is 3.81. The second kappa shape index (κ2) is 7.95. The summed E-state index contributed by atoms with van der Waals surface area (Å²) in [6.07, 6.45) is 7.73. The van der Waals surface area contributed by atoms with Crippen LogP contribution in [0.15, 0.2) is 23.1 Å². The fraction of sp³-hybridized carbons (Fsp3) is 0.647. The minimum atomic E-state index is 0.756. The summed E-state index contributed by atoms with van der Waals surface area (Å²) >= 11 is 1.91. The van der Waals surface area contributed by atoms with Crippen molar-refractivity contribution >= 4 is 11.8 Å². The van der Waals surface area contributed by atoms with E-state index in [0.717, 1.165) is 49.5 Å². The van der Waals surface area contributed by atoms with Crippen molar-refractivity contribution < 1.29 is 9.47 Å². The number of ether oxygens (including phenoxy) is 2. The molecule has 0 radical (unpaired) electrons. The van der Waals surface area contributed by atoms with Gasteiger partial charge in [0.15, 0.2) is 11.5 Å². The lowest BCUT2D eigenvalue weighted by molar-refractivity contribution is 0.297. The third-order valence-corrected chi connectivity index (χ3v) is 5.18. The Morgan fingerprint density at radius 2 is 1.86 bits per heavy atom. The molecule has 0 unspecified atom stereocenters. The molecule has 1 aromatic carbocycles. The minimum Gasteiger partial charge on any atom is -0.490 e. The van der Waals surface area contributed by atoms with Crippen LogP contribution < -0.4 is 14.8 Å². The number of thioether (sulfide) groups is 1. The molecule has 0 bridgehead atoms. The van der Waals surface area contributed by atoms with Crippen LogP contribution in [-0.2, 0) is 0 Å². The van der Waals surface area contributed by atoms with Crippen LogP contribution in [0.1, 0.15) is 38.5 Å². The summed E-state index contributed by atoms with van der Waals surface area (Å²) in [5, 5.41) is 3.67. The molecule has 1 saturated carbocycles. The van der Waals surface area contributed by atoms with Crippen LogP contribution in [0.4, 0.5) is 0 Å². The summed E-state index contributed by atoms with van der Waals surface area (Å²) in [4.78, 5) is 1.28. The summed E-state index contributed by atoms with van der Waals surface area (Å²) in [6.45, 7) is 2.65. The zero-order valence-electron chi connectivity index (χ0n) is 12.6. The van der Waals surface area contributed by atoms with Gasteiger partial charge in [-0.2, -0.15) is 0 Å². The van der Waals surface area contributed by atoms with E-state index in [-0.39, 0.29) is 0 Å². The Morgan fingerprint density at radius 1 is 1.05 bits per heavy atom. The van der Waals surface area contributed by atoms with Crippen molar-refractivity contribution in [3.05, 3.63) is 18.2 Å². The molecule has 1 aliphatic carbocycles. The lowest BCUT2D eigenvalue weighted by Crippen LogP contribution is -2.27. The first-order chi connectivity index (χ1) is 10.4. The van der Waals surface area contributed by atoms with E-state index in [9.17, 15) is 0 Å². The van der Waals surface area contributed by atoms with Gasteiger partial charge in [-0.05, 0) is 49.8 Å². The standard InChI is InChI=1S/C17H25NO2S/c1-2-6-14(5-1)18-9-3-12-21-15-7-8-16-17(13-15)20-11-4-10-19-16/h7-8,13-14,18H,1-6,9-12H2. The van der Waals surface area contributed by atoms with E-state index < -0.39 is 0 Å². The summed E-state index contributed by atoms with van der Waals surface area (Å²) in [5.41, 5.74) is 0. The fourth-order valence-electron chi connectivity index (χ4n) is 2.93. The highest BCUT2D eigenvalue weighted by Gasteiger charge is 2.13. The average Bonchev–Trinajstić information content (AvgIpc) is 2.91. The predicted octanol–water partition coefficient (Wildman–Crippen LogP) is 3.86. The zero-order chi connectivity index (χ0) is 14.3. The van der Waals surface area contributed by atoms with E-state index in [1.165, 1.54) is 37.0 Å². The van der Waals surface area contributed by atoms with Crippen LogP contribution in [0.3, 0.4) is 0 Å². The monoisotopic (exact) mass is 307 g/mol. The second-order valence-electron chi connectivity index (χ2n) is 5.80. The molecule has 3 nitrogen and oxygen atoms in total. The second-order valence-corrected chi connectivity index (χ2v) is 6.96. The largest absolute Gasteiger partial charge is 0.490 e. The molecular weight excluding hydrogens is 282 g/mol. The third-order valence-electron chi connectivity index (χ3n) is 4.10. The molecule has 21 heavy (non-hydrogen) atoms. The molecule has 4 heteroatoms. The maximum absolute atomic E-state index is 5.73. The van der Waals surface area contributed by atoms with Crippen molar-refractivity contribution in [2.24, 2.45) is 0 Å². The number of benzene rings is 1. The molecule has 0 aromatic heterocycles. The van der Waals surface area contributed by atoms with Crippen molar-refractivity contribution in [2.75, 3.05) is 25.5 Å². The zero-order valence-corrected chi connectivity index (χ0v) is 13.4. The predicted molar refractivity (Wildman–Crippen MR) is 87.6 cm³/mol. The number of fused-ring (bicyclic) bond motifs is 1. The van der Waals surface area contributed by atoms with E-state index >= 15 is 0 Å². The quantitative estimate of drug-likeness (QED) is 0.638. The molecule has 1 aliphatic heterocycles.